The Morgan fingerprint density at radius 3 is 2.50 bits per heavy atom. The fraction of sp³-hybridized carbons (Fsp3) is 0.300. The van der Waals surface area contributed by atoms with Crippen molar-refractivity contribution in [3.8, 4) is 23.2 Å². The van der Waals surface area contributed by atoms with Crippen molar-refractivity contribution in [2.45, 2.75) is 12.2 Å². The third kappa shape index (κ3) is 3.32. The lowest BCUT2D eigenvalue weighted by Gasteiger charge is -2.21. The third-order valence-corrected chi connectivity index (χ3v) is 6.02. The van der Waals surface area contributed by atoms with Crippen LogP contribution in [0.1, 0.15) is 22.1 Å². The number of methoxy groups -OCH3 is 3. The predicted molar refractivity (Wildman–Crippen MR) is 113 cm³/mol. The van der Waals surface area contributed by atoms with Crippen molar-refractivity contribution >= 4 is 23.5 Å². The minimum Gasteiger partial charge on any atom is -0.493 e. The van der Waals surface area contributed by atoms with Gasteiger partial charge in [-0.25, -0.2) is 9.97 Å². The van der Waals surface area contributed by atoms with Gasteiger partial charge < -0.3 is 19.5 Å². The molecule has 1 aliphatic rings. The highest BCUT2D eigenvalue weighted by atomic mass is 32.2. The minimum atomic E-state index is -0.230. The number of carbonyl (C=O) groups excluding carboxylic acids is 1. The first kappa shape index (κ1) is 20.0. The van der Waals surface area contributed by atoms with Crippen LogP contribution in [0.3, 0.4) is 0 Å². The maximum atomic E-state index is 12.5. The summed E-state index contributed by atoms with van der Waals surface area (Å²) in [4.78, 5) is 21.1. The lowest BCUT2D eigenvalue weighted by atomic mass is 10.0. The molecule has 9 nitrogen and oxygen atoms in total. The van der Waals surface area contributed by atoms with Crippen molar-refractivity contribution in [2.24, 2.45) is 0 Å². The highest BCUT2D eigenvalue weighted by Crippen LogP contribution is 2.50. The molecule has 30 heavy (non-hydrogen) atoms. The molecule has 0 aliphatic carbocycles. The second-order valence-electron chi connectivity index (χ2n) is 6.47. The van der Waals surface area contributed by atoms with Gasteiger partial charge in [-0.05, 0) is 25.1 Å². The maximum Gasteiger partial charge on any atom is 0.252 e. The quantitative estimate of drug-likeness (QED) is 0.663. The fourth-order valence-corrected chi connectivity index (χ4v) is 4.71. The zero-order valence-electron chi connectivity index (χ0n) is 17.0. The molecule has 0 spiro atoms. The van der Waals surface area contributed by atoms with E-state index in [1.54, 1.807) is 44.5 Å². The van der Waals surface area contributed by atoms with Crippen molar-refractivity contribution in [2.75, 3.05) is 32.4 Å². The van der Waals surface area contributed by atoms with E-state index in [-0.39, 0.29) is 16.9 Å². The molecular formula is C20H21N5O4S. The summed E-state index contributed by atoms with van der Waals surface area (Å²) in [5.74, 6) is 2.70. The number of nitrogens with one attached hydrogen (secondary N) is 1. The fourth-order valence-electron chi connectivity index (χ4n) is 3.51. The Balaban J connectivity index is 1.93. The second-order valence-corrected chi connectivity index (χ2v) is 7.56. The van der Waals surface area contributed by atoms with E-state index in [1.807, 2.05) is 19.1 Å². The lowest BCUT2D eigenvalue weighted by Crippen LogP contribution is -2.16. The molecule has 0 bridgehead atoms. The number of thioether (sulfide) groups is 1. The van der Waals surface area contributed by atoms with Crippen LogP contribution < -0.4 is 19.5 Å². The van der Waals surface area contributed by atoms with Crippen LogP contribution in [-0.2, 0) is 4.79 Å². The van der Waals surface area contributed by atoms with Crippen LogP contribution in [0.25, 0.3) is 5.95 Å². The van der Waals surface area contributed by atoms with E-state index in [9.17, 15) is 4.79 Å². The number of aromatic nitrogens is 4. The van der Waals surface area contributed by atoms with Crippen LogP contribution in [0.4, 0.5) is 5.82 Å². The molecule has 1 aromatic carbocycles. The van der Waals surface area contributed by atoms with E-state index in [0.29, 0.717) is 29.0 Å². The van der Waals surface area contributed by atoms with Gasteiger partial charge in [-0.15, -0.1) is 11.8 Å². The van der Waals surface area contributed by atoms with Crippen molar-refractivity contribution in [1.82, 2.24) is 19.7 Å². The zero-order valence-corrected chi connectivity index (χ0v) is 17.8. The van der Waals surface area contributed by atoms with Gasteiger partial charge in [0.15, 0.2) is 11.5 Å². The highest BCUT2D eigenvalue weighted by Gasteiger charge is 2.34. The first-order valence-electron chi connectivity index (χ1n) is 9.16. The van der Waals surface area contributed by atoms with E-state index in [0.717, 1.165) is 16.8 Å². The highest BCUT2D eigenvalue weighted by molar-refractivity contribution is 8.00. The summed E-state index contributed by atoms with van der Waals surface area (Å²) in [5.41, 5.74) is 2.48. The number of fused-ring (bicyclic) bond motifs is 1. The third-order valence-electron chi connectivity index (χ3n) is 4.77. The number of nitrogens with zero attached hydrogens (tertiary/aromatic N) is 4. The molecule has 3 heterocycles. The molecule has 3 aromatic rings. The molecule has 1 aliphatic heterocycles. The number of ether oxygens (including phenoxy) is 3. The summed E-state index contributed by atoms with van der Waals surface area (Å²) in [6.45, 7) is 1.90. The molecule has 0 radical (unpaired) electrons. The first-order valence-corrected chi connectivity index (χ1v) is 10.2. The van der Waals surface area contributed by atoms with Crippen molar-refractivity contribution in [3.63, 3.8) is 0 Å². The van der Waals surface area contributed by atoms with Crippen LogP contribution in [0.15, 0.2) is 30.6 Å². The van der Waals surface area contributed by atoms with E-state index >= 15 is 0 Å². The minimum absolute atomic E-state index is 0.125. The van der Waals surface area contributed by atoms with Gasteiger partial charge in [-0.3, -0.25) is 4.79 Å². The first-order chi connectivity index (χ1) is 14.6. The Morgan fingerprint density at radius 2 is 1.83 bits per heavy atom. The molecule has 4 rings (SSSR count). The number of carbonyl (C=O) groups is 1. The van der Waals surface area contributed by atoms with Gasteiger partial charge in [0.25, 0.3) is 5.95 Å². The Kier molecular flexibility index (Phi) is 5.49. The van der Waals surface area contributed by atoms with Gasteiger partial charge in [0, 0.05) is 23.5 Å². The topological polar surface area (TPSA) is 100 Å². The van der Waals surface area contributed by atoms with Crippen LogP contribution in [0.2, 0.25) is 0 Å². The van der Waals surface area contributed by atoms with E-state index in [2.05, 4.69) is 20.4 Å². The molecule has 0 fully saturated rings. The van der Waals surface area contributed by atoms with Crippen molar-refractivity contribution in [1.29, 1.82) is 0 Å². The van der Waals surface area contributed by atoms with Gasteiger partial charge in [0.1, 0.15) is 5.82 Å². The van der Waals surface area contributed by atoms with Gasteiger partial charge in [-0.1, -0.05) is 0 Å². The molecule has 0 saturated carbocycles. The normalized spacial score (nSPS) is 15.7. The average molecular weight is 427 g/mol. The van der Waals surface area contributed by atoms with E-state index < -0.39 is 0 Å². The number of hydrogen-bond donors (Lipinski definition) is 1. The van der Waals surface area contributed by atoms with Crippen LogP contribution in [0.5, 0.6) is 17.2 Å². The summed E-state index contributed by atoms with van der Waals surface area (Å²) in [6.07, 6.45) is 3.27. The van der Waals surface area contributed by atoms with Gasteiger partial charge in [0.05, 0.1) is 38.0 Å². The molecule has 2 aromatic heterocycles. The summed E-state index contributed by atoms with van der Waals surface area (Å²) >= 11 is 1.49. The number of rotatable bonds is 5. The molecule has 156 valence electrons. The summed E-state index contributed by atoms with van der Waals surface area (Å²) in [7, 11) is 4.73. The largest absolute Gasteiger partial charge is 0.493 e. The maximum absolute atomic E-state index is 12.5. The molecule has 1 atom stereocenters. The number of anilines is 1. The average Bonchev–Trinajstić information content (AvgIpc) is 2.98. The van der Waals surface area contributed by atoms with Gasteiger partial charge in [0.2, 0.25) is 11.7 Å². The van der Waals surface area contributed by atoms with Crippen molar-refractivity contribution in [3.05, 3.63) is 47.4 Å². The smallest absolute Gasteiger partial charge is 0.252 e. The van der Waals surface area contributed by atoms with Crippen LogP contribution >= 0.6 is 11.8 Å². The van der Waals surface area contributed by atoms with E-state index in [1.165, 1.54) is 11.8 Å². The lowest BCUT2D eigenvalue weighted by molar-refractivity contribution is -0.113. The summed E-state index contributed by atoms with van der Waals surface area (Å²) < 4.78 is 18.2. The molecule has 1 N–H and O–H groups in total. The Morgan fingerprint density at radius 1 is 1.10 bits per heavy atom. The Labute approximate surface area is 177 Å². The molecule has 10 heteroatoms. The number of aryl methyl sites for hydroxylation is 1. The van der Waals surface area contributed by atoms with E-state index in [4.69, 9.17) is 14.2 Å². The Bertz CT molecular complexity index is 1090. The molecule has 0 unspecified atom stereocenters. The number of amides is 1. The molecule has 1 amide bonds. The van der Waals surface area contributed by atoms with Crippen LogP contribution in [0, 0.1) is 6.92 Å². The SMILES string of the molecule is COc1ccc([C@@H]2SCC(=O)Nc3c2c(C)nn3-c2ncccn2)c(OC)c1OC. The monoisotopic (exact) mass is 427 g/mol. The van der Waals surface area contributed by atoms with Crippen LogP contribution in [-0.4, -0.2) is 52.7 Å². The number of benzene rings is 1. The summed E-state index contributed by atoms with van der Waals surface area (Å²) in [5, 5.41) is 7.35. The predicted octanol–water partition coefficient (Wildman–Crippen LogP) is 2.77. The standard InChI is InChI=1S/C20H21N5O4S/c1-11-15-18(12-6-7-13(27-2)17(29-4)16(12)28-3)30-10-14(26)23-19(15)25(24-11)20-21-8-5-9-22-20/h5-9,18H,10H2,1-4H3,(H,23,26)/t18-/m0/s1. The summed E-state index contributed by atoms with van der Waals surface area (Å²) in [6, 6.07) is 5.48. The van der Waals surface area contributed by atoms with Crippen molar-refractivity contribution < 1.29 is 19.0 Å². The number of hydrogen-bond acceptors (Lipinski definition) is 8. The van der Waals surface area contributed by atoms with Gasteiger partial charge in [-0.2, -0.15) is 9.78 Å². The zero-order chi connectivity index (χ0) is 21.3. The molecular weight excluding hydrogens is 406 g/mol. The molecule has 0 saturated heterocycles. The second kappa shape index (κ2) is 8.23. The van der Waals surface area contributed by atoms with Gasteiger partial charge >= 0.3 is 0 Å². The Hall–Kier alpha value is -3.27.